The molecule has 1 aromatic rings. The van der Waals surface area contributed by atoms with E-state index in [9.17, 15) is 10.1 Å². The van der Waals surface area contributed by atoms with Gasteiger partial charge in [-0.05, 0) is 18.6 Å². The Morgan fingerprint density at radius 2 is 2.47 bits per heavy atom. The number of ether oxygens (including phenoxy) is 2. The van der Waals surface area contributed by atoms with Crippen LogP contribution in [0.3, 0.4) is 0 Å². The van der Waals surface area contributed by atoms with Crippen molar-refractivity contribution in [3.8, 4) is 0 Å². The summed E-state index contributed by atoms with van der Waals surface area (Å²) in [6, 6.07) is 5.93. The number of nitro benzene ring substituents is 1. The average molecular weight is 208 g/mol. The Morgan fingerprint density at radius 1 is 1.67 bits per heavy atom. The molecule has 2 rings (SSSR count). The lowest BCUT2D eigenvalue weighted by molar-refractivity contribution is -0.385. The van der Waals surface area contributed by atoms with E-state index in [0.29, 0.717) is 12.2 Å². The fourth-order valence-electron chi connectivity index (χ4n) is 1.63. The van der Waals surface area contributed by atoms with Crippen LogP contribution >= 0.6 is 0 Å². The molecule has 0 spiro atoms. The summed E-state index contributed by atoms with van der Waals surface area (Å²) < 4.78 is 10.4. The van der Waals surface area contributed by atoms with E-state index >= 15 is 0 Å². The van der Waals surface area contributed by atoms with Crippen molar-refractivity contribution >= 4 is 5.69 Å². The molecule has 0 amide bonds. The van der Waals surface area contributed by atoms with Crippen LogP contribution in [0.2, 0.25) is 0 Å². The summed E-state index contributed by atoms with van der Waals surface area (Å²) in [4.78, 5) is 10.3. The third-order valence-electron chi connectivity index (χ3n) is 2.42. The molecule has 0 N–H and O–H groups in total. The van der Waals surface area contributed by atoms with Gasteiger partial charge in [0.15, 0.2) is 0 Å². The van der Waals surface area contributed by atoms with Gasteiger partial charge in [0.05, 0.1) is 17.6 Å². The average Bonchev–Trinajstić information content (AvgIpc) is 2.70. The lowest BCUT2D eigenvalue weighted by atomic mass is 10.0. The van der Waals surface area contributed by atoms with Crippen molar-refractivity contribution < 1.29 is 14.4 Å². The second kappa shape index (κ2) is 3.96. The van der Waals surface area contributed by atoms with E-state index in [-0.39, 0.29) is 18.6 Å². The smallest absolute Gasteiger partial charge is 0.280 e. The number of hydrogen-bond donors (Lipinski definition) is 0. The summed E-state index contributed by atoms with van der Waals surface area (Å²) in [6.45, 7) is 2.39. The maximum Gasteiger partial charge on any atom is 0.280 e. The van der Waals surface area contributed by atoms with Crippen LogP contribution in [0.4, 0.5) is 5.69 Å². The Bertz CT molecular complexity index is 385. The molecule has 1 heterocycles. The van der Waals surface area contributed by atoms with Gasteiger partial charge in [0.1, 0.15) is 12.9 Å². The molecule has 1 unspecified atom stereocenters. The third kappa shape index (κ3) is 1.84. The zero-order valence-electron chi connectivity index (χ0n) is 8.23. The van der Waals surface area contributed by atoms with Crippen molar-refractivity contribution in [3.63, 3.8) is 0 Å². The molecule has 0 aliphatic carbocycles. The van der Waals surface area contributed by atoms with Crippen LogP contribution < -0.4 is 0 Å². The fraction of sp³-hybridized carbons (Fsp3) is 0.400. The van der Waals surface area contributed by atoms with Gasteiger partial charge in [0.2, 0.25) is 0 Å². The lowest BCUT2D eigenvalue weighted by Gasteiger charge is -2.10. The molecular formula is C10H10NO4. The van der Waals surface area contributed by atoms with Gasteiger partial charge in [-0.1, -0.05) is 6.07 Å². The van der Waals surface area contributed by atoms with Gasteiger partial charge in [0.25, 0.3) is 5.69 Å². The highest BCUT2D eigenvalue weighted by Gasteiger charge is 2.24. The zero-order valence-corrected chi connectivity index (χ0v) is 8.23. The summed E-state index contributed by atoms with van der Waals surface area (Å²) in [6.07, 6.45) is -0.196. The summed E-state index contributed by atoms with van der Waals surface area (Å²) >= 11 is 0. The van der Waals surface area contributed by atoms with Gasteiger partial charge in [-0.3, -0.25) is 10.1 Å². The lowest BCUT2D eigenvalue weighted by Crippen LogP contribution is -2.04. The molecule has 1 atom stereocenters. The minimum atomic E-state index is -0.436. The monoisotopic (exact) mass is 208 g/mol. The van der Waals surface area contributed by atoms with Crippen molar-refractivity contribution in [2.75, 3.05) is 13.4 Å². The standard InChI is InChI=1S/C10H10NO4/c1-7-8(10-5-14-6-15-10)3-2-4-9(7)11(12)13/h2-3,10H,5-6H2,1H3. The molecule has 0 bridgehead atoms. The summed E-state index contributed by atoms with van der Waals surface area (Å²) in [5.41, 5.74) is 1.40. The normalized spacial score (nSPS) is 20.5. The van der Waals surface area contributed by atoms with E-state index in [2.05, 4.69) is 6.07 Å². The van der Waals surface area contributed by atoms with Crippen LogP contribution in [0.1, 0.15) is 17.2 Å². The predicted octanol–water partition coefficient (Wildman–Crippen LogP) is 1.75. The molecule has 1 saturated heterocycles. The number of hydrogen-bond acceptors (Lipinski definition) is 4. The van der Waals surface area contributed by atoms with Gasteiger partial charge in [-0.25, -0.2) is 0 Å². The zero-order chi connectivity index (χ0) is 10.8. The molecule has 1 aliphatic heterocycles. The summed E-state index contributed by atoms with van der Waals surface area (Å²) in [5.74, 6) is 0. The molecule has 15 heavy (non-hydrogen) atoms. The summed E-state index contributed by atoms with van der Waals surface area (Å²) in [7, 11) is 0. The second-order valence-corrected chi connectivity index (χ2v) is 3.31. The van der Waals surface area contributed by atoms with E-state index in [0.717, 1.165) is 5.56 Å². The Morgan fingerprint density at radius 3 is 3.07 bits per heavy atom. The van der Waals surface area contributed by atoms with E-state index in [4.69, 9.17) is 9.47 Å². The van der Waals surface area contributed by atoms with E-state index in [1.165, 1.54) is 0 Å². The van der Waals surface area contributed by atoms with Crippen LogP contribution in [0.5, 0.6) is 0 Å². The Balaban J connectivity index is 2.39. The van der Waals surface area contributed by atoms with Crippen LogP contribution in [0.15, 0.2) is 12.1 Å². The largest absolute Gasteiger partial charge is 0.352 e. The van der Waals surface area contributed by atoms with Crippen molar-refractivity contribution in [1.82, 2.24) is 0 Å². The first kappa shape index (κ1) is 10.1. The summed E-state index contributed by atoms with van der Waals surface area (Å²) in [5, 5.41) is 10.7. The van der Waals surface area contributed by atoms with Crippen molar-refractivity contribution in [2.24, 2.45) is 0 Å². The molecule has 0 saturated carbocycles. The molecule has 5 heteroatoms. The second-order valence-electron chi connectivity index (χ2n) is 3.31. The SMILES string of the molecule is Cc1c([N+](=O)[O-])[c]ccc1C1COCO1. The van der Waals surface area contributed by atoms with Crippen LogP contribution in [0, 0.1) is 23.1 Å². The minimum Gasteiger partial charge on any atom is -0.352 e. The number of nitrogens with zero attached hydrogens (tertiary/aromatic N) is 1. The Kier molecular flexibility index (Phi) is 2.66. The number of nitro groups is 1. The molecule has 79 valence electrons. The quantitative estimate of drug-likeness (QED) is 0.548. The molecule has 1 aliphatic rings. The highest BCUT2D eigenvalue weighted by molar-refractivity contribution is 5.44. The molecule has 5 nitrogen and oxygen atoms in total. The first-order chi connectivity index (χ1) is 7.20. The Labute approximate surface area is 86.8 Å². The van der Waals surface area contributed by atoms with Crippen molar-refractivity contribution in [3.05, 3.63) is 39.4 Å². The predicted molar refractivity (Wildman–Crippen MR) is 51.3 cm³/mol. The van der Waals surface area contributed by atoms with E-state index in [1.807, 2.05) is 0 Å². The van der Waals surface area contributed by atoms with Crippen LogP contribution in [-0.2, 0) is 9.47 Å². The molecule has 0 aromatic heterocycles. The van der Waals surface area contributed by atoms with E-state index < -0.39 is 4.92 Å². The van der Waals surface area contributed by atoms with Crippen LogP contribution in [0.25, 0.3) is 0 Å². The number of benzene rings is 1. The van der Waals surface area contributed by atoms with Crippen molar-refractivity contribution in [1.29, 1.82) is 0 Å². The van der Waals surface area contributed by atoms with Gasteiger partial charge in [0, 0.05) is 5.56 Å². The van der Waals surface area contributed by atoms with Gasteiger partial charge < -0.3 is 9.47 Å². The van der Waals surface area contributed by atoms with Gasteiger partial charge in [-0.2, -0.15) is 0 Å². The molecule has 1 aromatic carbocycles. The molecule has 1 fully saturated rings. The van der Waals surface area contributed by atoms with E-state index in [1.54, 1.807) is 19.1 Å². The van der Waals surface area contributed by atoms with Crippen molar-refractivity contribution in [2.45, 2.75) is 13.0 Å². The minimum absolute atomic E-state index is 0.00278. The highest BCUT2D eigenvalue weighted by atomic mass is 16.7. The fourth-order valence-corrected chi connectivity index (χ4v) is 1.63. The van der Waals surface area contributed by atoms with Crippen LogP contribution in [-0.4, -0.2) is 18.3 Å². The Hall–Kier alpha value is -1.46. The maximum absolute atomic E-state index is 10.7. The first-order valence-electron chi connectivity index (χ1n) is 4.55. The van der Waals surface area contributed by atoms with Gasteiger partial charge in [-0.15, -0.1) is 0 Å². The van der Waals surface area contributed by atoms with Gasteiger partial charge >= 0.3 is 0 Å². The maximum atomic E-state index is 10.7. The molecular weight excluding hydrogens is 198 g/mol. The highest BCUT2D eigenvalue weighted by Crippen LogP contribution is 2.29. The third-order valence-corrected chi connectivity index (χ3v) is 2.42. The molecule has 1 radical (unpaired) electrons. The first-order valence-corrected chi connectivity index (χ1v) is 4.55. The number of rotatable bonds is 2. The topological polar surface area (TPSA) is 61.6 Å².